The summed E-state index contributed by atoms with van der Waals surface area (Å²) in [6, 6.07) is 17.1. The van der Waals surface area contributed by atoms with Gasteiger partial charge in [-0.1, -0.05) is 24.3 Å². The molecule has 0 aliphatic rings. The van der Waals surface area contributed by atoms with Gasteiger partial charge >= 0.3 is 5.97 Å². The molecule has 0 amide bonds. The van der Waals surface area contributed by atoms with Crippen molar-refractivity contribution in [2.75, 3.05) is 11.9 Å². The Morgan fingerprint density at radius 1 is 1.09 bits per heavy atom. The van der Waals surface area contributed by atoms with E-state index in [2.05, 4.69) is 5.32 Å². The number of carbonyl (C=O) groups excluding carboxylic acids is 1. The Labute approximate surface area is 130 Å². The fraction of sp³-hybridized carbons (Fsp3) is 0.167. The second kappa shape index (κ2) is 7.88. The van der Waals surface area contributed by atoms with Crippen LogP contribution >= 0.6 is 0 Å². The van der Waals surface area contributed by atoms with Crippen molar-refractivity contribution < 1.29 is 14.3 Å². The molecule has 2 aromatic carbocycles. The third kappa shape index (κ3) is 4.98. The maximum Gasteiger partial charge on any atom is 0.332 e. The van der Waals surface area contributed by atoms with E-state index in [1.54, 1.807) is 6.92 Å². The van der Waals surface area contributed by atoms with Gasteiger partial charge < -0.3 is 14.8 Å². The molecule has 2 aromatic rings. The van der Waals surface area contributed by atoms with Gasteiger partial charge in [-0.25, -0.2) is 4.79 Å². The summed E-state index contributed by atoms with van der Waals surface area (Å²) in [4.78, 5) is 11.4. The lowest BCUT2D eigenvalue weighted by Gasteiger charge is -2.10. The van der Waals surface area contributed by atoms with Crippen molar-refractivity contribution in [3.63, 3.8) is 0 Å². The number of para-hydroxylation sites is 1. The summed E-state index contributed by atoms with van der Waals surface area (Å²) >= 11 is 0. The molecule has 0 aliphatic carbocycles. The van der Waals surface area contributed by atoms with Crippen molar-refractivity contribution in [1.82, 2.24) is 0 Å². The van der Waals surface area contributed by atoms with Crippen molar-refractivity contribution in [1.29, 1.82) is 0 Å². The monoisotopic (exact) mass is 297 g/mol. The van der Waals surface area contributed by atoms with Gasteiger partial charge in [0.25, 0.3) is 0 Å². The zero-order valence-corrected chi connectivity index (χ0v) is 12.7. The first-order chi connectivity index (χ1) is 10.7. The van der Waals surface area contributed by atoms with E-state index in [9.17, 15) is 4.79 Å². The maximum atomic E-state index is 11.4. The molecule has 0 atom stereocenters. The molecule has 1 N–H and O–H groups in total. The fourth-order valence-corrected chi connectivity index (χ4v) is 1.89. The summed E-state index contributed by atoms with van der Waals surface area (Å²) in [5.74, 6) is 1.14. The van der Waals surface area contributed by atoms with E-state index < -0.39 is 0 Å². The molecule has 0 radical (unpaired) electrons. The number of rotatable bonds is 6. The van der Waals surface area contributed by atoms with Crippen LogP contribution in [0.5, 0.6) is 11.5 Å². The molecular formula is C18H19NO3. The number of benzene rings is 2. The molecule has 2 rings (SSSR count). The molecule has 0 heterocycles. The molecule has 0 spiro atoms. The van der Waals surface area contributed by atoms with Crippen LogP contribution in [0.15, 0.2) is 66.4 Å². The van der Waals surface area contributed by atoms with Gasteiger partial charge in [-0.15, -0.1) is 0 Å². The lowest BCUT2D eigenvalue weighted by atomic mass is 10.3. The van der Waals surface area contributed by atoms with Crippen LogP contribution in [0, 0.1) is 0 Å². The molecule has 0 fully saturated rings. The molecule has 0 saturated heterocycles. The van der Waals surface area contributed by atoms with Crippen molar-refractivity contribution in [3.8, 4) is 11.5 Å². The minimum absolute atomic E-state index is 0.357. The van der Waals surface area contributed by atoms with Gasteiger partial charge in [0.15, 0.2) is 0 Å². The average Bonchev–Trinajstić information content (AvgIpc) is 2.48. The molecule has 4 heteroatoms. The molecule has 22 heavy (non-hydrogen) atoms. The van der Waals surface area contributed by atoms with E-state index in [0.717, 1.165) is 17.2 Å². The lowest BCUT2D eigenvalue weighted by Crippen LogP contribution is -2.04. The minimum atomic E-state index is -0.357. The second-order valence-electron chi connectivity index (χ2n) is 4.65. The maximum absolute atomic E-state index is 11.4. The Bertz CT molecular complexity index is 650. The predicted molar refractivity (Wildman–Crippen MR) is 87.0 cm³/mol. The number of allylic oxidation sites excluding steroid dienone is 1. The van der Waals surface area contributed by atoms with Crippen molar-refractivity contribution >= 4 is 11.7 Å². The number of nitrogens with one attached hydrogen (secondary N) is 1. The quantitative estimate of drug-likeness (QED) is 0.636. The highest BCUT2D eigenvalue weighted by Crippen LogP contribution is 2.24. The fourth-order valence-electron chi connectivity index (χ4n) is 1.89. The van der Waals surface area contributed by atoms with E-state index in [1.807, 2.05) is 61.5 Å². The molecular weight excluding hydrogens is 278 g/mol. The Morgan fingerprint density at radius 3 is 2.55 bits per heavy atom. The van der Waals surface area contributed by atoms with Gasteiger partial charge in [-0.2, -0.15) is 0 Å². The average molecular weight is 297 g/mol. The zero-order chi connectivity index (χ0) is 15.8. The minimum Gasteiger partial charge on any atom is -0.463 e. The highest BCUT2D eigenvalue weighted by atomic mass is 16.5. The van der Waals surface area contributed by atoms with Crippen LogP contribution in [-0.4, -0.2) is 12.6 Å². The number of hydrogen-bond acceptors (Lipinski definition) is 4. The van der Waals surface area contributed by atoms with Crippen LogP contribution in [0.1, 0.15) is 13.8 Å². The summed E-state index contributed by atoms with van der Waals surface area (Å²) in [5.41, 5.74) is 1.54. The van der Waals surface area contributed by atoms with Crippen molar-refractivity contribution in [2.24, 2.45) is 0 Å². The topological polar surface area (TPSA) is 47.6 Å². The molecule has 0 aromatic heterocycles. The number of hydrogen-bond donors (Lipinski definition) is 1. The SMILES string of the molecule is CCOC(=O)/C=C(\C)Nc1cccc(Oc2ccccc2)c1. The molecule has 0 saturated carbocycles. The van der Waals surface area contributed by atoms with E-state index in [-0.39, 0.29) is 5.97 Å². The third-order valence-corrected chi connectivity index (χ3v) is 2.78. The van der Waals surface area contributed by atoms with Gasteiger partial charge in [0.2, 0.25) is 0 Å². The predicted octanol–water partition coefficient (Wildman–Crippen LogP) is 4.36. The zero-order valence-electron chi connectivity index (χ0n) is 12.7. The van der Waals surface area contributed by atoms with Crippen molar-refractivity contribution in [2.45, 2.75) is 13.8 Å². The number of carbonyl (C=O) groups is 1. The highest BCUT2D eigenvalue weighted by Gasteiger charge is 2.01. The van der Waals surface area contributed by atoms with E-state index in [1.165, 1.54) is 6.08 Å². The standard InChI is InChI=1S/C18H19NO3/c1-3-21-18(20)12-14(2)19-15-8-7-11-17(13-15)22-16-9-5-4-6-10-16/h4-13,19H,3H2,1-2H3/b14-12+. The van der Waals surface area contributed by atoms with Crippen molar-refractivity contribution in [3.05, 3.63) is 66.4 Å². The number of ether oxygens (including phenoxy) is 2. The number of esters is 1. The summed E-state index contributed by atoms with van der Waals surface area (Å²) in [6.07, 6.45) is 1.42. The van der Waals surface area contributed by atoms with E-state index in [4.69, 9.17) is 9.47 Å². The molecule has 4 nitrogen and oxygen atoms in total. The first kappa shape index (κ1) is 15.6. The van der Waals surface area contributed by atoms with Gasteiger partial charge in [0.05, 0.1) is 6.61 Å². The van der Waals surface area contributed by atoms with Gasteiger partial charge in [-0.05, 0) is 38.1 Å². The largest absolute Gasteiger partial charge is 0.463 e. The normalized spacial score (nSPS) is 10.9. The summed E-state index contributed by atoms with van der Waals surface area (Å²) in [5, 5.41) is 3.14. The smallest absolute Gasteiger partial charge is 0.332 e. The first-order valence-corrected chi connectivity index (χ1v) is 7.12. The summed E-state index contributed by atoms with van der Waals surface area (Å²) in [6.45, 7) is 3.95. The molecule has 0 aliphatic heterocycles. The van der Waals surface area contributed by atoms with Crippen LogP contribution in [0.2, 0.25) is 0 Å². The van der Waals surface area contributed by atoms with Gasteiger partial charge in [-0.3, -0.25) is 0 Å². The summed E-state index contributed by atoms with van der Waals surface area (Å²) in [7, 11) is 0. The highest BCUT2D eigenvalue weighted by molar-refractivity contribution is 5.83. The van der Waals surface area contributed by atoms with Gasteiger partial charge in [0, 0.05) is 23.5 Å². The number of anilines is 1. The Hall–Kier alpha value is -2.75. The second-order valence-corrected chi connectivity index (χ2v) is 4.65. The molecule has 0 unspecified atom stereocenters. The Morgan fingerprint density at radius 2 is 1.82 bits per heavy atom. The Kier molecular flexibility index (Phi) is 5.60. The third-order valence-electron chi connectivity index (χ3n) is 2.78. The Balaban J connectivity index is 2.04. The first-order valence-electron chi connectivity index (χ1n) is 7.12. The van der Waals surface area contributed by atoms with E-state index >= 15 is 0 Å². The van der Waals surface area contributed by atoms with Crippen LogP contribution in [0.4, 0.5) is 5.69 Å². The lowest BCUT2D eigenvalue weighted by molar-refractivity contribution is -0.137. The van der Waals surface area contributed by atoms with Crippen LogP contribution in [-0.2, 0) is 9.53 Å². The summed E-state index contributed by atoms with van der Waals surface area (Å²) < 4.78 is 10.6. The van der Waals surface area contributed by atoms with Gasteiger partial charge in [0.1, 0.15) is 11.5 Å². The van der Waals surface area contributed by atoms with Crippen LogP contribution in [0.3, 0.4) is 0 Å². The molecule has 0 bridgehead atoms. The van der Waals surface area contributed by atoms with Crippen LogP contribution < -0.4 is 10.1 Å². The molecule has 114 valence electrons. The van der Waals surface area contributed by atoms with E-state index in [0.29, 0.717) is 12.3 Å². The van der Waals surface area contributed by atoms with Crippen LogP contribution in [0.25, 0.3) is 0 Å².